The van der Waals surface area contributed by atoms with Gasteiger partial charge >= 0.3 is 7.60 Å². The molecule has 2 atom stereocenters. The molecular formula is C28H34NO7P. The highest BCUT2D eigenvalue weighted by Gasteiger charge is 2.27. The summed E-state index contributed by atoms with van der Waals surface area (Å²) in [6.07, 6.45) is 3.92. The normalized spacial score (nSPS) is 15.9. The van der Waals surface area contributed by atoms with E-state index in [1.165, 1.54) is 18.9 Å². The van der Waals surface area contributed by atoms with Gasteiger partial charge in [0, 0.05) is 18.2 Å². The number of nitrogens with one attached hydrogen (secondary N) is 1. The lowest BCUT2D eigenvalue weighted by atomic mass is 9.91. The minimum atomic E-state index is -4.38. The molecule has 0 bridgehead atoms. The van der Waals surface area contributed by atoms with Gasteiger partial charge in [-0.2, -0.15) is 0 Å². The van der Waals surface area contributed by atoms with Gasteiger partial charge in [-0.1, -0.05) is 43.2 Å². The molecule has 8 nitrogen and oxygen atoms in total. The molecule has 3 aromatic rings. The molecule has 0 spiro atoms. The fourth-order valence-corrected chi connectivity index (χ4v) is 5.55. The largest absolute Gasteiger partial charge is 0.508 e. The van der Waals surface area contributed by atoms with Crippen LogP contribution in [0.3, 0.4) is 0 Å². The van der Waals surface area contributed by atoms with E-state index < -0.39 is 13.7 Å². The molecule has 4 rings (SSSR count). The van der Waals surface area contributed by atoms with Gasteiger partial charge in [-0.3, -0.25) is 4.57 Å². The van der Waals surface area contributed by atoms with Crippen LogP contribution in [-0.2, 0) is 11.2 Å². The molecule has 1 fully saturated rings. The van der Waals surface area contributed by atoms with Crippen molar-refractivity contribution in [2.24, 2.45) is 5.92 Å². The number of aliphatic hydroxyl groups excluding tert-OH is 1. The van der Waals surface area contributed by atoms with Crippen molar-refractivity contribution in [2.45, 2.75) is 44.4 Å². The lowest BCUT2D eigenvalue weighted by Gasteiger charge is -2.27. The van der Waals surface area contributed by atoms with Crippen LogP contribution >= 0.6 is 7.60 Å². The van der Waals surface area contributed by atoms with Crippen LogP contribution in [0.4, 0.5) is 0 Å². The van der Waals surface area contributed by atoms with Crippen LogP contribution < -0.4 is 20.1 Å². The number of ether oxygens (including phenoxy) is 2. The van der Waals surface area contributed by atoms with Crippen LogP contribution in [0.1, 0.15) is 42.9 Å². The number of aromatic hydroxyl groups is 1. The highest BCUT2D eigenvalue weighted by molar-refractivity contribution is 7.60. The monoisotopic (exact) mass is 527 g/mol. The number of aliphatic hydroxyl groups is 1. The van der Waals surface area contributed by atoms with Crippen LogP contribution in [0.2, 0.25) is 0 Å². The molecule has 0 saturated heterocycles. The van der Waals surface area contributed by atoms with Crippen LogP contribution in [0, 0.1) is 5.92 Å². The van der Waals surface area contributed by atoms with E-state index in [0.717, 1.165) is 18.4 Å². The second kappa shape index (κ2) is 12.6. The van der Waals surface area contributed by atoms with Crippen molar-refractivity contribution in [1.29, 1.82) is 0 Å². The van der Waals surface area contributed by atoms with Gasteiger partial charge in [0.15, 0.2) is 0 Å². The number of benzene rings is 3. The van der Waals surface area contributed by atoms with Crippen LogP contribution in [0.15, 0.2) is 72.8 Å². The van der Waals surface area contributed by atoms with Crippen molar-refractivity contribution in [1.82, 2.24) is 5.32 Å². The summed E-state index contributed by atoms with van der Waals surface area (Å²) in [5.74, 6) is 1.82. The van der Waals surface area contributed by atoms with E-state index in [1.807, 2.05) is 24.3 Å². The van der Waals surface area contributed by atoms with Gasteiger partial charge in [0.05, 0.1) is 5.30 Å². The summed E-state index contributed by atoms with van der Waals surface area (Å²) in [6, 6.07) is 20.6. The van der Waals surface area contributed by atoms with E-state index in [-0.39, 0.29) is 30.3 Å². The van der Waals surface area contributed by atoms with Crippen LogP contribution in [0.25, 0.3) is 0 Å². The van der Waals surface area contributed by atoms with E-state index in [4.69, 9.17) is 9.47 Å². The molecule has 5 N–H and O–H groups in total. The molecule has 3 aromatic carbocycles. The van der Waals surface area contributed by atoms with E-state index in [0.29, 0.717) is 29.5 Å². The molecule has 9 heteroatoms. The zero-order valence-electron chi connectivity index (χ0n) is 20.6. The van der Waals surface area contributed by atoms with Gasteiger partial charge in [-0.15, -0.1) is 0 Å². The summed E-state index contributed by atoms with van der Waals surface area (Å²) in [6.45, 7) is 0.562. The first-order valence-corrected chi connectivity index (χ1v) is 14.1. The van der Waals surface area contributed by atoms with E-state index in [9.17, 15) is 24.6 Å². The average molecular weight is 528 g/mol. The average Bonchev–Trinajstić information content (AvgIpc) is 3.42. The summed E-state index contributed by atoms with van der Waals surface area (Å²) in [7, 11) is -4.38. The summed E-state index contributed by atoms with van der Waals surface area (Å²) in [4.78, 5) is 19.1. The van der Waals surface area contributed by atoms with Crippen LogP contribution in [0.5, 0.6) is 17.2 Å². The first kappa shape index (κ1) is 27.2. The van der Waals surface area contributed by atoms with Crippen molar-refractivity contribution >= 4 is 12.9 Å². The lowest BCUT2D eigenvalue weighted by Crippen LogP contribution is -2.36. The zero-order chi connectivity index (χ0) is 26.3. The molecule has 1 unspecified atom stereocenters. The molecule has 0 aliphatic heterocycles. The second-order valence-electron chi connectivity index (χ2n) is 9.42. The van der Waals surface area contributed by atoms with Gasteiger partial charge in [0.25, 0.3) is 0 Å². The number of hydrogen-bond acceptors (Lipinski definition) is 6. The minimum Gasteiger partial charge on any atom is -0.508 e. The van der Waals surface area contributed by atoms with Crippen LogP contribution in [-0.4, -0.2) is 39.3 Å². The van der Waals surface area contributed by atoms with Gasteiger partial charge in [0.2, 0.25) is 0 Å². The fourth-order valence-electron chi connectivity index (χ4n) is 4.75. The van der Waals surface area contributed by atoms with Gasteiger partial charge in [0.1, 0.15) is 36.6 Å². The molecule has 37 heavy (non-hydrogen) atoms. The molecule has 1 saturated carbocycles. The Kier molecular flexibility index (Phi) is 9.24. The Labute approximate surface area is 217 Å². The zero-order valence-corrected chi connectivity index (χ0v) is 21.5. The van der Waals surface area contributed by atoms with Crippen molar-refractivity contribution in [2.75, 3.05) is 13.2 Å². The molecular weight excluding hydrogens is 493 g/mol. The summed E-state index contributed by atoms with van der Waals surface area (Å²) >= 11 is 0. The second-order valence-corrected chi connectivity index (χ2v) is 11.0. The van der Waals surface area contributed by atoms with E-state index >= 15 is 0 Å². The topological polar surface area (TPSA) is 128 Å². The third kappa shape index (κ3) is 7.81. The van der Waals surface area contributed by atoms with Gasteiger partial charge < -0.3 is 34.8 Å². The quantitative estimate of drug-likeness (QED) is 0.223. The SMILES string of the molecule is O=P(O)(O)c1ccccc1COc1ccc(C(NC[C@H](O)COc2ccc(O)cc2)C2CCCC2)cc1. The minimum absolute atomic E-state index is 0.0231. The molecule has 0 heterocycles. The maximum Gasteiger partial charge on any atom is 0.356 e. The molecule has 0 aromatic heterocycles. The Bertz CT molecular complexity index is 1170. The Morgan fingerprint density at radius 2 is 1.51 bits per heavy atom. The molecule has 0 radical (unpaired) electrons. The number of phenols is 1. The Morgan fingerprint density at radius 3 is 2.19 bits per heavy atom. The highest BCUT2D eigenvalue weighted by Crippen LogP contribution is 2.37. The number of hydrogen-bond donors (Lipinski definition) is 5. The molecule has 198 valence electrons. The predicted molar refractivity (Wildman–Crippen MR) is 141 cm³/mol. The Morgan fingerprint density at radius 1 is 0.892 bits per heavy atom. The third-order valence-corrected chi connectivity index (χ3v) is 7.73. The number of rotatable bonds is 12. The fraction of sp³-hybridized carbons (Fsp3) is 0.357. The van der Waals surface area contributed by atoms with E-state index in [2.05, 4.69) is 5.32 Å². The van der Waals surface area contributed by atoms with Gasteiger partial charge in [-0.25, -0.2) is 0 Å². The molecule has 0 amide bonds. The molecule has 1 aliphatic carbocycles. The van der Waals surface area contributed by atoms with Crippen molar-refractivity contribution in [3.8, 4) is 17.2 Å². The first-order chi connectivity index (χ1) is 17.8. The van der Waals surface area contributed by atoms with Gasteiger partial charge in [-0.05, 0) is 66.8 Å². The summed E-state index contributed by atoms with van der Waals surface area (Å²) < 4.78 is 23.2. The summed E-state index contributed by atoms with van der Waals surface area (Å²) in [5.41, 5.74) is 1.55. The standard InChI is InChI=1S/C28H34NO7P/c30-23-11-15-26(16-12-23)36-19-24(31)17-29-28(20-5-1-2-6-20)21-9-13-25(14-10-21)35-18-22-7-3-4-8-27(22)37(32,33)34/h3-4,7-16,20,24,28-31H,1-2,5-6,17-19H2,(H2,32,33,34)/t24-,28?/m0/s1. The predicted octanol–water partition coefficient (Wildman–Crippen LogP) is 4.04. The number of phenolic OH excluding ortho intramolecular Hbond substituents is 1. The smallest absolute Gasteiger partial charge is 0.356 e. The Balaban J connectivity index is 1.35. The molecule has 1 aliphatic rings. The third-order valence-electron chi connectivity index (χ3n) is 6.66. The summed E-state index contributed by atoms with van der Waals surface area (Å²) in [5, 5.41) is 23.4. The van der Waals surface area contributed by atoms with Crippen molar-refractivity contribution in [3.63, 3.8) is 0 Å². The van der Waals surface area contributed by atoms with Crippen molar-refractivity contribution < 1.29 is 34.0 Å². The maximum absolute atomic E-state index is 11.7. The first-order valence-electron chi connectivity index (χ1n) is 12.5. The van der Waals surface area contributed by atoms with Crippen molar-refractivity contribution in [3.05, 3.63) is 83.9 Å². The Hall–Kier alpha value is -2.87. The maximum atomic E-state index is 11.7. The van der Waals surface area contributed by atoms with E-state index in [1.54, 1.807) is 42.5 Å². The highest BCUT2D eigenvalue weighted by atomic mass is 31.2. The lowest BCUT2D eigenvalue weighted by molar-refractivity contribution is 0.101.